The number of aromatic nitrogens is 4. The van der Waals surface area contributed by atoms with E-state index in [1.807, 2.05) is 30.3 Å². The van der Waals surface area contributed by atoms with Gasteiger partial charge in [0.15, 0.2) is 16.7 Å². The second-order valence-corrected chi connectivity index (χ2v) is 9.42. The largest absolute Gasteiger partial charge is 0.493 e. The summed E-state index contributed by atoms with van der Waals surface area (Å²) in [4.78, 5) is 7.15. The third-order valence-electron chi connectivity index (χ3n) is 5.51. The van der Waals surface area contributed by atoms with E-state index in [1.165, 1.54) is 12.8 Å². The van der Waals surface area contributed by atoms with Crippen molar-refractivity contribution in [1.29, 1.82) is 0 Å². The number of benzene rings is 1. The van der Waals surface area contributed by atoms with Crippen LogP contribution in [-0.2, 0) is 12.3 Å². The summed E-state index contributed by atoms with van der Waals surface area (Å²) in [5.74, 6) is 3.88. The maximum Gasteiger partial charge on any atom is 0.228 e. The topological polar surface area (TPSA) is 78.4 Å². The van der Waals surface area contributed by atoms with Crippen molar-refractivity contribution in [3.8, 4) is 22.1 Å². The van der Waals surface area contributed by atoms with E-state index in [-0.39, 0.29) is 0 Å². The molecule has 5 rings (SSSR count). The zero-order chi connectivity index (χ0) is 22.6. The number of hydrogen-bond acceptors (Lipinski definition) is 9. The van der Waals surface area contributed by atoms with Crippen molar-refractivity contribution >= 4 is 29.0 Å². The van der Waals surface area contributed by atoms with E-state index in [0.717, 1.165) is 46.2 Å². The Morgan fingerprint density at radius 1 is 1.09 bits per heavy atom. The third kappa shape index (κ3) is 4.58. The first-order valence-electron chi connectivity index (χ1n) is 10.8. The Balaban J connectivity index is 1.36. The van der Waals surface area contributed by atoms with Crippen molar-refractivity contribution in [3.05, 3.63) is 53.4 Å². The summed E-state index contributed by atoms with van der Waals surface area (Å²) < 4.78 is 18.8. The highest BCUT2D eigenvalue weighted by atomic mass is 32.2. The molecule has 1 aliphatic rings. The summed E-state index contributed by atoms with van der Waals surface area (Å²) >= 11 is 3.23. The molecule has 4 aromatic rings. The first kappa shape index (κ1) is 21.8. The van der Waals surface area contributed by atoms with Gasteiger partial charge in [-0.15, -0.1) is 21.5 Å². The summed E-state index contributed by atoms with van der Waals surface area (Å²) in [5.41, 5.74) is 1.91. The van der Waals surface area contributed by atoms with Crippen molar-refractivity contribution in [2.24, 2.45) is 0 Å². The Morgan fingerprint density at radius 2 is 1.97 bits per heavy atom. The van der Waals surface area contributed by atoms with E-state index in [1.54, 1.807) is 43.6 Å². The van der Waals surface area contributed by atoms with Crippen LogP contribution in [0.25, 0.3) is 10.6 Å². The highest BCUT2D eigenvalue weighted by Gasteiger charge is 2.22. The lowest BCUT2D eigenvalue weighted by atomic mass is 10.2. The minimum atomic E-state index is 0.609. The van der Waals surface area contributed by atoms with Crippen LogP contribution in [0.1, 0.15) is 24.3 Å². The van der Waals surface area contributed by atoms with E-state index < -0.39 is 0 Å². The van der Waals surface area contributed by atoms with Gasteiger partial charge in [-0.05, 0) is 37.1 Å². The molecule has 33 heavy (non-hydrogen) atoms. The first-order valence-corrected chi connectivity index (χ1v) is 12.6. The second-order valence-electron chi connectivity index (χ2n) is 7.62. The minimum Gasteiger partial charge on any atom is -0.493 e. The Kier molecular flexibility index (Phi) is 6.54. The van der Waals surface area contributed by atoms with Gasteiger partial charge in [-0.2, -0.15) is 0 Å². The van der Waals surface area contributed by atoms with E-state index >= 15 is 0 Å². The fourth-order valence-electron chi connectivity index (χ4n) is 3.93. The van der Waals surface area contributed by atoms with Gasteiger partial charge >= 0.3 is 0 Å². The molecule has 0 aliphatic carbocycles. The summed E-state index contributed by atoms with van der Waals surface area (Å²) in [6, 6.07) is 9.72. The van der Waals surface area contributed by atoms with Crippen LogP contribution in [0.15, 0.2) is 51.5 Å². The molecule has 1 fully saturated rings. The summed E-state index contributed by atoms with van der Waals surface area (Å²) in [7, 11) is 3.29. The number of methoxy groups -OCH3 is 2. The van der Waals surface area contributed by atoms with Crippen molar-refractivity contribution in [1.82, 2.24) is 19.7 Å². The third-order valence-corrected chi connectivity index (χ3v) is 7.44. The van der Waals surface area contributed by atoms with Gasteiger partial charge in [0.1, 0.15) is 10.8 Å². The zero-order valence-electron chi connectivity index (χ0n) is 18.6. The maximum atomic E-state index is 5.60. The number of hydrogen-bond donors (Lipinski definition) is 0. The van der Waals surface area contributed by atoms with Crippen LogP contribution in [0.4, 0.5) is 5.95 Å². The molecule has 1 saturated heterocycles. The summed E-state index contributed by atoms with van der Waals surface area (Å²) in [6.07, 6.45) is 4.07. The predicted molar refractivity (Wildman–Crippen MR) is 129 cm³/mol. The standard InChI is InChI=1S/C23H25N5O3S2/c1-29-19-9-5-8-18(20(19)30-2)21-24-16(14-32-21)15-33-23-26-25-22(27-10-3-4-11-27)28(23)13-17-7-6-12-31-17/h5-9,12,14H,3-4,10-11,13,15H2,1-2H3. The molecular weight excluding hydrogens is 458 g/mol. The SMILES string of the molecule is COc1cccc(-c2nc(CSc3nnc(N4CCCC4)n3Cc3ccco3)cs2)c1OC. The predicted octanol–water partition coefficient (Wildman–Crippen LogP) is 4.95. The van der Waals surface area contributed by atoms with E-state index in [9.17, 15) is 0 Å². The normalized spacial score (nSPS) is 13.6. The van der Waals surface area contributed by atoms with Gasteiger partial charge in [-0.1, -0.05) is 17.8 Å². The monoisotopic (exact) mass is 483 g/mol. The molecule has 0 amide bonds. The smallest absolute Gasteiger partial charge is 0.228 e. The molecule has 8 nitrogen and oxygen atoms in total. The van der Waals surface area contributed by atoms with Gasteiger partial charge in [0, 0.05) is 24.2 Å². The Labute approximate surface area is 200 Å². The lowest BCUT2D eigenvalue weighted by Gasteiger charge is -2.17. The Hall–Kier alpha value is -2.98. The Bertz CT molecular complexity index is 1200. The second kappa shape index (κ2) is 9.88. The number of nitrogens with zero attached hydrogens (tertiary/aromatic N) is 5. The molecule has 0 unspecified atom stereocenters. The molecule has 1 aromatic carbocycles. The van der Waals surface area contributed by atoms with Crippen molar-refractivity contribution in [2.45, 2.75) is 30.3 Å². The fraction of sp³-hybridized carbons (Fsp3) is 0.348. The molecule has 0 saturated carbocycles. The van der Waals surface area contributed by atoms with Gasteiger partial charge in [0.2, 0.25) is 5.95 Å². The maximum absolute atomic E-state index is 5.60. The number of rotatable bonds is 9. The molecule has 10 heteroatoms. The highest BCUT2D eigenvalue weighted by molar-refractivity contribution is 7.98. The zero-order valence-corrected chi connectivity index (χ0v) is 20.2. The van der Waals surface area contributed by atoms with Crippen molar-refractivity contribution in [2.75, 3.05) is 32.2 Å². The average molecular weight is 484 g/mol. The van der Waals surface area contributed by atoms with Gasteiger partial charge in [-0.3, -0.25) is 4.57 Å². The van der Waals surface area contributed by atoms with Crippen molar-refractivity contribution < 1.29 is 13.9 Å². The number of para-hydroxylation sites is 1. The van der Waals surface area contributed by atoms with Crippen LogP contribution < -0.4 is 14.4 Å². The number of thiazole rings is 1. The van der Waals surface area contributed by atoms with Crippen LogP contribution in [0.2, 0.25) is 0 Å². The lowest BCUT2D eigenvalue weighted by Crippen LogP contribution is -2.22. The lowest BCUT2D eigenvalue weighted by molar-refractivity contribution is 0.356. The molecule has 4 heterocycles. The van der Waals surface area contributed by atoms with Gasteiger partial charge < -0.3 is 18.8 Å². The molecule has 172 valence electrons. The molecule has 3 aromatic heterocycles. The molecule has 0 radical (unpaired) electrons. The first-order chi connectivity index (χ1) is 16.3. The molecular formula is C23H25N5O3S2. The quantitative estimate of drug-likeness (QED) is 0.309. The van der Waals surface area contributed by atoms with Crippen LogP contribution in [0.3, 0.4) is 0 Å². The van der Waals surface area contributed by atoms with Gasteiger partial charge in [-0.25, -0.2) is 4.98 Å². The molecule has 0 bridgehead atoms. The molecule has 0 N–H and O–H groups in total. The summed E-state index contributed by atoms with van der Waals surface area (Å²) in [5, 5.41) is 12.9. The van der Waals surface area contributed by atoms with E-state index in [0.29, 0.717) is 23.8 Å². The highest BCUT2D eigenvalue weighted by Crippen LogP contribution is 2.39. The van der Waals surface area contributed by atoms with Crippen LogP contribution in [0.5, 0.6) is 11.5 Å². The molecule has 1 aliphatic heterocycles. The van der Waals surface area contributed by atoms with Crippen LogP contribution in [0, 0.1) is 0 Å². The molecule has 0 spiro atoms. The van der Waals surface area contributed by atoms with Gasteiger partial charge in [0.05, 0.1) is 38.3 Å². The average Bonchev–Trinajstić information content (AvgIpc) is 3.65. The fourth-order valence-corrected chi connectivity index (χ4v) is 5.70. The van der Waals surface area contributed by atoms with Crippen molar-refractivity contribution in [3.63, 3.8) is 0 Å². The van der Waals surface area contributed by atoms with E-state index in [2.05, 4.69) is 25.0 Å². The summed E-state index contributed by atoms with van der Waals surface area (Å²) in [6.45, 7) is 2.63. The van der Waals surface area contributed by atoms with Crippen LogP contribution >= 0.6 is 23.1 Å². The number of ether oxygens (including phenoxy) is 2. The Morgan fingerprint density at radius 3 is 2.73 bits per heavy atom. The van der Waals surface area contributed by atoms with Gasteiger partial charge in [0.25, 0.3) is 0 Å². The van der Waals surface area contributed by atoms with E-state index in [4.69, 9.17) is 18.9 Å². The molecule has 0 atom stereocenters. The number of furan rings is 1. The minimum absolute atomic E-state index is 0.609. The van der Waals surface area contributed by atoms with Crippen LogP contribution in [-0.4, -0.2) is 47.1 Å². The number of thioether (sulfide) groups is 1. The number of anilines is 1.